The fraction of sp³-hybridized carbons (Fsp3) is 0.500. The Bertz CT molecular complexity index is 460. The van der Waals surface area contributed by atoms with Crippen LogP contribution in [-0.2, 0) is 15.1 Å². The molecule has 19 heavy (non-hydrogen) atoms. The molecular formula is C14H18BrFO3. The van der Waals surface area contributed by atoms with E-state index in [1.54, 1.807) is 13.8 Å². The molecule has 0 saturated carbocycles. The van der Waals surface area contributed by atoms with E-state index < -0.39 is 23.3 Å². The van der Waals surface area contributed by atoms with Gasteiger partial charge >= 0.3 is 5.97 Å². The smallest absolute Gasteiger partial charge is 0.312 e. The first-order valence-corrected chi connectivity index (χ1v) is 6.98. The Morgan fingerprint density at radius 2 is 2.16 bits per heavy atom. The van der Waals surface area contributed by atoms with Gasteiger partial charge in [0.25, 0.3) is 0 Å². The zero-order chi connectivity index (χ0) is 14.6. The van der Waals surface area contributed by atoms with Gasteiger partial charge in [0, 0.05) is 4.47 Å². The number of benzene rings is 1. The highest BCUT2D eigenvalue weighted by Crippen LogP contribution is 2.36. The van der Waals surface area contributed by atoms with Crippen molar-refractivity contribution >= 4 is 21.9 Å². The van der Waals surface area contributed by atoms with Crippen molar-refractivity contribution in [3.8, 4) is 0 Å². The monoisotopic (exact) mass is 332 g/mol. The Morgan fingerprint density at radius 3 is 2.63 bits per heavy atom. The SMILES string of the molecule is CCOC(=O)C(CC)C(C)(O)c1ccc(F)cc1Br. The molecule has 106 valence electrons. The summed E-state index contributed by atoms with van der Waals surface area (Å²) in [6.07, 6.45) is 0.426. The molecule has 1 aromatic carbocycles. The van der Waals surface area contributed by atoms with E-state index in [0.717, 1.165) is 0 Å². The Balaban J connectivity index is 3.15. The van der Waals surface area contributed by atoms with Crippen molar-refractivity contribution in [2.45, 2.75) is 32.8 Å². The van der Waals surface area contributed by atoms with Crippen molar-refractivity contribution in [3.05, 3.63) is 34.1 Å². The molecule has 0 heterocycles. The highest BCUT2D eigenvalue weighted by molar-refractivity contribution is 9.10. The number of ether oxygens (including phenoxy) is 1. The quantitative estimate of drug-likeness (QED) is 0.841. The zero-order valence-corrected chi connectivity index (χ0v) is 12.8. The summed E-state index contributed by atoms with van der Waals surface area (Å²) in [5.74, 6) is -1.56. The number of carbonyl (C=O) groups is 1. The number of aliphatic hydroxyl groups is 1. The van der Waals surface area contributed by atoms with Gasteiger partial charge in [0.2, 0.25) is 0 Å². The third-order valence-electron chi connectivity index (χ3n) is 3.13. The van der Waals surface area contributed by atoms with Gasteiger partial charge in [0.15, 0.2) is 0 Å². The standard InChI is InChI=1S/C14H18BrFO3/c1-4-10(13(17)19-5-2)14(3,18)11-7-6-9(16)8-12(11)15/h6-8,10,18H,4-5H2,1-3H3. The molecule has 2 unspecified atom stereocenters. The minimum atomic E-state index is -1.42. The Hall–Kier alpha value is -0.940. The summed E-state index contributed by atoms with van der Waals surface area (Å²) in [6.45, 7) is 5.31. The van der Waals surface area contributed by atoms with Gasteiger partial charge in [-0.2, -0.15) is 0 Å². The Labute approximate surface area is 120 Å². The van der Waals surface area contributed by atoms with E-state index in [1.165, 1.54) is 25.1 Å². The van der Waals surface area contributed by atoms with Crippen LogP contribution in [0.2, 0.25) is 0 Å². The molecule has 0 aromatic heterocycles. The molecule has 0 saturated heterocycles. The lowest BCUT2D eigenvalue weighted by Crippen LogP contribution is -2.38. The first kappa shape index (κ1) is 16.1. The molecule has 3 nitrogen and oxygen atoms in total. The molecule has 0 aliphatic heterocycles. The summed E-state index contributed by atoms with van der Waals surface area (Å²) in [4.78, 5) is 11.9. The largest absolute Gasteiger partial charge is 0.466 e. The van der Waals surface area contributed by atoms with Crippen LogP contribution in [-0.4, -0.2) is 17.7 Å². The number of rotatable bonds is 5. The average molecular weight is 333 g/mol. The van der Waals surface area contributed by atoms with Crippen molar-refractivity contribution in [1.29, 1.82) is 0 Å². The molecular weight excluding hydrogens is 315 g/mol. The highest BCUT2D eigenvalue weighted by Gasteiger charge is 2.39. The second kappa shape index (κ2) is 6.48. The van der Waals surface area contributed by atoms with Crippen LogP contribution < -0.4 is 0 Å². The summed E-state index contributed by atoms with van der Waals surface area (Å²) in [5.41, 5.74) is -0.957. The molecule has 0 spiro atoms. The first-order chi connectivity index (χ1) is 8.84. The van der Waals surface area contributed by atoms with E-state index in [2.05, 4.69) is 15.9 Å². The normalized spacial score (nSPS) is 15.7. The van der Waals surface area contributed by atoms with E-state index in [1.807, 2.05) is 0 Å². The van der Waals surface area contributed by atoms with Gasteiger partial charge in [-0.15, -0.1) is 0 Å². The maximum atomic E-state index is 13.1. The zero-order valence-electron chi connectivity index (χ0n) is 11.2. The fourth-order valence-electron chi connectivity index (χ4n) is 2.12. The summed E-state index contributed by atoms with van der Waals surface area (Å²) in [7, 11) is 0. The average Bonchev–Trinajstić information content (AvgIpc) is 2.28. The molecule has 0 radical (unpaired) electrons. The van der Waals surface area contributed by atoms with E-state index in [0.29, 0.717) is 16.5 Å². The molecule has 0 amide bonds. The molecule has 1 N–H and O–H groups in total. The van der Waals surface area contributed by atoms with Gasteiger partial charge < -0.3 is 9.84 Å². The van der Waals surface area contributed by atoms with Crippen LogP contribution in [0.4, 0.5) is 4.39 Å². The van der Waals surface area contributed by atoms with Crippen molar-refractivity contribution in [3.63, 3.8) is 0 Å². The molecule has 2 atom stereocenters. The molecule has 0 aliphatic carbocycles. The first-order valence-electron chi connectivity index (χ1n) is 6.19. The van der Waals surface area contributed by atoms with Crippen molar-refractivity contribution in [2.75, 3.05) is 6.61 Å². The lowest BCUT2D eigenvalue weighted by molar-refractivity contribution is -0.158. The van der Waals surface area contributed by atoms with Crippen molar-refractivity contribution in [2.24, 2.45) is 5.92 Å². The minimum Gasteiger partial charge on any atom is -0.466 e. The third kappa shape index (κ3) is 3.54. The van der Waals surface area contributed by atoms with Crippen LogP contribution in [0.15, 0.2) is 22.7 Å². The van der Waals surface area contributed by atoms with Gasteiger partial charge in [0.1, 0.15) is 11.4 Å². The van der Waals surface area contributed by atoms with Gasteiger partial charge in [0.05, 0.1) is 12.5 Å². The molecule has 0 aliphatic rings. The second-order valence-electron chi connectivity index (χ2n) is 4.48. The topological polar surface area (TPSA) is 46.5 Å². The molecule has 0 bridgehead atoms. The van der Waals surface area contributed by atoms with E-state index >= 15 is 0 Å². The van der Waals surface area contributed by atoms with Crippen LogP contribution in [0.25, 0.3) is 0 Å². The summed E-state index contributed by atoms with van der Waals surface area (Å²) in [6, 6.07) is 4.00. The number of esters is 1. The molecule has 1 aromatic rings. The van der Waals surface area contributed by atoms with Crippen molar-refractivity contribution < 1.29 is 19.0 Å². The van der Waals surface area contributed by atoms with E-state index in [9.17, 15) is 14.3 Å². The predicted molar refractivity (Wildman–Crippen MR) is 74.1 cm³/mol. The van der Waals surface area contributed by atoms with Gasteiger partial charge in [-0.05, 0) is 38.0 Å². The minimum absolute atomic E-state index is 0.260. The maximum Gasteiger partial charge on any atom is 0.312 e. The lowest BCUT2D eigenvalue weighted by Gasteiger charge is -2.31. The highest BCUT2D eigenvalue weighted by atomic mass is 79.9. The van der Waals surface area contributed by atoms with Gasteiger partial charge in [-0.1, -0.05) is 28.9 Å². The summed E-state index contributed by atoms with van der Waals surface area (Å²) < 4.78 is 18.5. The fourth-order valence-corrected chi connectivity index (χ4v) is 2.88. The van der Waals surface area contributed by atoms with Crippen LogP contribution in [0.3, 0.4) is 0 Å². The molecule has 5 heteroatoms. The third-order valence-corrected chi connectivity index (χ3v) is 3.79. The van der Waals surface area contributed by atoms with Crippen molar-refractivity contribution in [1.82, 2.24) is 0 Å². The number of hydrogen-bond acceptors (Lipinski definition) is 3. The number of hydrogen-bond donors (Lipinski definition) is 1. The molecule has 1 rings (SSSR count). The van der Waals surface area contributed by atoms with Gasteiger partial charge in [-0.25, -0.2) is 4.39 Å². The lowest BCUT2D eigenvalue weighted by atomic mass is 9.81. The van der Waals surface area contributed by atoms with E-state index in [-0.39, 0.29) is 6.61 Å². The maximum absolute atomic E-state index is 13.1. The number of carbonyl (C=O) groups excluding carboxylic acids is 1. The van der Waals surface area contributed by atoms with Crippen LogP contribution in [0.1, 0.15) is 32.8 Å². The number of halogens is 2. The Morgan fingerprint density at radius 1 is 1.53 bits per heavy atom. The second-order valence-corrected chi connectivity index (χ2v) is 5.34. The van der Waals surface area contributed by atoms with Crippen LogP contribution in [0, 0.1) is 11.7 Å². The Kier molecular flexibility index (Phi) is 5.50. The van der Waals surface area contributed by atoms with Gasteiger partial charge in [-0.3, -0.25) is 4.79 Å². The van der Waals surface area contributed by atoms with Crippen LogP contribution >= 0.6 is 15.9 Å². The molecule has 0 fully saturated rings. The summed E-state index contributed by atoms with van der Waals surface area (Å²) >= 11 is 3.22. The predicted octanol–water partition coefficient (Wildman–Crippen LogP) is 3.39. The van der Waals surface area contributed by atoms with E-state index in [4.69, 9.17) is 4.74 Å². The summed E-state index contributed by atoms with van der Waals surface area (Å²) in [5, 5.41) is 10.7. The van der Waals surface area contributed by atoms with Crippen LogP contribution in [0.5, 0.6) is 0 Å².